The fraction of sp³-hybridized carbons (Fsp3) is 0.161. The molecular formula is C31H26F2N4O. The van der Waals surface area contributed by atoms with E-state index in [1.807, 2.05) is 25.3 Å². The Labute approximate surface area is 219 Å². The fourth-order valence-corrected chi connectivity index (χ4v) is 4.97. The molecule has 7 heteroatoms. The summed E-state index contributed by atoms with van der Waals surface area (Å²) in [6.45, 7) is 4.75. The van der Waals surface area contributed by atoms with Crippen molar-refractivity contribution in [3.05, 3.63) is 102 Å². The summed E-state index contributed by atoms with van der Waals surface area (Å²) < 4.78 is 34.8. The van der Waals surface area contributed by atoms with Gasteiger partial charge in [0.25, 0.3) is 0 Å². The largest absolute Gasteiger partial charge is 0.378 e. The average molecular weight is 509 g/mol. The molecule has 0 spiro atoms. The van der Waals surface area contributed by atoms with Crippen LogP contribution in [-0.4, -0.2) is 36.3 Å². The fourth-order valence-electron chi connectivity index (χ4n) is 4.97. The molecule has 38 heavy (non-hydrogen) atoms. The van der Waals surface area contributed by atoms with Crippen molar-refractivity contribution in [2.45, 2.75) is 6.92 Å². The number of rotatable bonds is 5. The van der Waals surface area contributed by atoms with Gasteiger partial charge in [-0.3, -0.25) is 4.98 Å². The average Bonchev–Trinajstić information content (AvgIpc) is 2.95. The normalized spacial score (nSPS) is 13.6. The number of halogens is 2. The zero-order valence-electron chi connectivity index (χ0n) is 20.9. The van der Waals surface area contributed by atoms with Crippen molar-refractivity contribution in [2.75, 3.05) is 36.5 Å². The van der Waals surface area contributed by atoms with Gasteiger partial charge in [-0.15, -0.1) is 0 Å². The number of fused-ring (bicyclic) bond motifs is 1. The first-order chi connectivity index (χ1) is 18.6. The Morgan fingerprint density at radius 2 is 1.74 bits per heavy atom. The van der Waals surface area contributed by atoms with Crippen molar-refractivity contribution in [1.82, 2.24) is 9.97 Å². The quantitative estimate of drug-likeness (QED) is 0.274. The lowest BCUT2D eigenvalue weighted by Gasteiger charge is -2.31. The van der Waals surface area contributed by atoms with Gasteiger partial charge in [-0.05, 0) is 60.5 Å². The number of nitrogens with zero attached hydrogens (tertiary/aromatic N) is 3. The minimum absolute atomic E-state index is 0.372. The standard InChI is InChI=1S/C31H26F2N4O/c1-20-30(24-6-2-3-7-26(24)33)35-27-18-23(32)9-10-25(27)31(20)36-28-17-21(22-5-4-12-34-19-22)8-11-29(28)37-13-15-38-16-14-37/h2-12,17-19H,13-16H2,1H3,(H,35,36). The number of hydrogen-bond donors (Lipinski definition) is 1. The van der Waals surface area contributed by atoms with Crippen molar-refractivity contribution >= 4 is 28.0 Å². The van der Waals surface area contributed by atoms with Crippen molar-refractivity contribution < 1.29 is 13.5 Å². The van der Waals surface area contributed by atoms with Crippen LogP contribution in [0.2, 0.25) is 0 Å². The zero-order chi connectivity index (χ0) is 26.1. The van der Waals surface area contributed by atoms with E-state index in [0.29, 0.717) is 30.0 Å². The topological polar surface area (TPSA) is 50.3 Å². The van der Waals surface area contributed by atoms with Gasteiger partial charge in [0.05, 0.1) is 41.5 Å². The summed E-state index contributed by atoms with van der Waals surface area (Å²) in [7, 11) is 0. The number of nitrogens with one attached hydrogen (secondary N) is 1. The van der Waals surface area contributed by atoms with Gasteiger partial charge in [0.15, 0.2) is 0 Å². The van der Waals surface area contributed by atoms with E-state index in [-0.39, 0.29) is 5.82 Å². The molecular weight excluding hydrogens is 482 g/mol. The molecule has 5 nitrogen and oxygen atoms in total. The molecule has 3 heterocycles. The Hall–Kier alpha value is -4.36. The number of pyridine rings is 2. The summed E-state index contributed by atoms with van der Waals surface area (Å²) in [5.41, 5.74) is 6.74. The van der Waals surface area contributed by atoms with Crippen LogP contribution in [0.5, 0.6) is 0 Å². The molecule has 1 fully saturated rings. The third-order valence-corrected chi connectivity index (χ3v) is 6.92. The second-order valence-electron chi connectivity index (χ2n) is 9.30. The number of ether oxygens (including phenoxy) is 1. The smallest absolute Gasteiger partial charge is 0.132 e. The molecule has 2 aromatic heterocycles. The lowest BCUT2D eigenvalue weighted by Crippen LogP contribution is -2.36. The van der Waals surface area contributed by atoms with E-state index in [2.05, 4.69) is 33.4 Å². The molecule has 190 valence electrons. The first kappa shape index (κ1) is 24.0. The minimum atomic E-state index is -0.396. The molecule has 1 aliphatic heterocycles. The van der Waals surface area contributed by atoms with Crippen LogP contribution in [0.3, 0.4) is 0 Å². The lowest BCUT2D eigenvalue weighted by atomic mass is 10.00. The highest BCUT2D eigenvalue weighted by Gasteiger charge is 2.20. The van der Waals surface area contributed by atoms with Gasteiger partial charge >= 0.3 is 0 Å². The molecule has 0 radical (unpaired) electrons. The van der Waals surface area contributed by atoms with Crippen molar-refractivity contribution in [3.8, 4) is 22.4 Å². The van der Waals surface area contributed by atoms with Crippen LogP contribution >= 0.6 is 0 Å². The zero-order valence-corrected chi connectivity index (χ0v) is 20.9. The molecule has 6 rings (SSSR count). The maximum atomic E-state index is 14.9. The summed E-state index contributed by atoms with van der Waals surface area (Å²) >= 11 is 0. The van der Waals surface area contributed by atoms with Gasteiger partial charge in [-0.1, -0.05) is 24.3 Å². The molecule has 0 aliphatic carbocycles. The Balaban J connectivity index is 1.55. The van der Waals surface area contributed by atoms with Gasteiger partial charge in [0, 0.05) is 48.1 Å². The second-order valence-corrected chi connectivity index (χ2v) is 9.30. The molecule has 0 saturated carbocycles. The number of aromatic nitrogens is 2. The third-order valence-electron chi connectivity index (χ3n) is 6.92. The predicted octanol–water partition coefficient (Wildman–Crippen LogP) is 7.13. The van der Waals surface area contributed by atoms with Gasteiger partial charge in [0.2, 0.25) is 0 Å². The van der Waals surface area contributed by atoms with E-state index >= 15 is 0 Å². The van der Waals surface area contributed by atoms with Crippen LogP contribution in [0.1, 0.15) is 5.56 Å². The maximum Gasteiger partial charge on any atom is 0.132 e. The SMILES string of the molecule is Cc1c(-c2ccccc2F)nc2cc(F)ccc2c1Nc1cc(-c2cccnc2)ccc1N1CCOCC1. The van der Waals surface area contributed by atoms with Crippen LogP contribution in [0.4, 0.5) is 25.8 Å². The van der Waals surface area contributed by atoms with E-state index in [0.717, 1.165) is 52.2 Å². The summed E-state index contributed by atoms with van der Waals surface area (Å²) in [4.78, 5) is 11.3. The van der Waals surface area contributed by atoms with Gasteiger partial charge in [-0.25, -0.2) is 13.8 Å². The highest BCUT2D eigenvalue weighted by Crippen LogP contribution is 2.40. The monoisotopic (exact) mass is 508 g/mol. The van der Waals surface area contributed by atoms with Gasteiger partial charge in [-0.2, -0.15) is 0 Å². The Morgan fingerprint density at radius 3 is 2.53 bits per heavy atom. The van der Waals surface area contributed by atoms with Crippen LogP contribution in [0.15, 0.2) is 85.2 Å². The van der Waals surface area contributed by atoms with E-state index < -0.39 is 5.82 Å². The van der Waals surface area contributed by atoms with E-state index in [4.69, 9.17) is 9.72 Å². The number of anilines is 3. The molecule has 5 aromatic rings. The van der Waals surface area contributed by atoms with Crippen LogP contribution < -0.4 is 10.2 Å². The summed E-state index contributed by atoms with van der Waals surface area (Å²) in [5.74, 6) is -0.774. The molecule has 0 unspecified atom stereocenters. The van der Waals surface area contributed by atoms with Crippen LogP contribution in [0, 0.1) is 18.6 Å². The summed E-state index contributed by atoms with van der Waals surface area (Å²) in [6.07, 6.45) is 3.58. The molecule has 1 saturated heterocycles. The predicted molar refractivity (Wildman–Crippen MR) is 148 cm³/mol. The maximum absolute atomic E-state index is 14.9. The molecule has 1 N–H and O–H groups in total. The van der Waals surface area contributed by atoms with Crippen molar-refractivity contribution in [1.29, 1.82) is 0 Å². The number of benzene rings is 3. The molecule has 0 bridgehead atoms. The van der Waals surface area contributed by atoms with Crippen LogP contribution in [0.25, 0.3) is 33.3 Å². The second kappa shape index (κ2) is 10.2. The summed E-state index contributed by atoms with van der Waals surface area (Å²) in [6, 6.07) is 21.3. The van der Waals surface area contributed by atoms with E-state index in [1.165, 1.54) is 18.2 Å². The first-order valence-corrected chi connectivity index (χ1v) is 12.6. The van der Waals surface area contributed by atoms with Gasteiger partial charge < -0.3 is 15.0 Å². The van der Waals surface area contributed by atoms with E-state index in [9.17, 15) is 8.78 Å². The lowest BCUT2D eigenvalue weighted by molar-refractivity contribution is 0.123. The first-order valence-electron chi connectivity index (χ1n) is 12.6. The van der Waals surface area contributed by atoms with Crippen LogP contribution in [-0.2, 0) is 4.74 Å². The highest BCUT2D eigenvalue weighted by atomic mass is 19.1. The minimum Gasteiger partial charge on any atom is -0.378 e. The van der Waals surface area contributed by atoms with Crippen molar-refractivity contribution in [3.63, 3.8) is 0 Å². The third kappa shape index (κ3) is 4.57. The van der Waals surface area contributed by atoms with Crippen molar-refractivity contribution in [2.24, 2.45) is 0 Å². The molecule has 1 aliphatic rings. The Kier molecular flexibility index (Phi) is 6.43. The molecule has 3 aromatic carbocycles. The van der Waals surface area contributed by atoms with Gasteiger partial charge in [0.1, 0.15) is 11.6 Å². The highest BCUT2D eigenvalue weighted by molar-refractivity contribution is 5.99. The molecule has 0 atom stereocenters. The summed E-state index contributed by atoms with van der Waals surface area (Å²) in [5, 5.41) is 4.41. The molecule has 0 amide bonds. The number of morpholine rings is 1. The number of hydrogen-bond acceptors (Lipinski definition) is 5. The Bertz CT molecular complexity index is 1620. The van der Waals surface area contributed by atoms with E-state index in [1.54, 1.807) is 30.5 Å². The Morgan fingerprint density at radius 1 is 0.895 bits per heavy atom.